The standard InChI is InChI=1S/C22H21NO5/c1-3-28-20(26)11-10-18(24)22-19(25)13-15-7-5-9-17(21(15)23-22)14-6-4-8-16(12-14)27-2/h4-9,12-13,25H,3,10-11H2,1-2H3. The van der Waals surface area contributed by atoms with Crippen molar-refractivity contribution in [2.24, 2.45) is 0 Å². The smallest absolute Gasteiger partial charge is 0.306 e. The third-order valence-electron chi connectivity index (χ3n) is 4.33. The number of para-hydroxylation sites is 1. The number of esters is 1. The summed E-state index contributed by atoms with van der Waals surface area (Å²) < 4.78 is 10.1. The summed E-state index contributed by atoms with van der Waals surface area (Å²) in [7, 11) is 1.60. The van der Waals surface area contributed by atoms with Gasteiger partial charge >= 0.3 is 5.97 Å². The fraction of sp³-hybridized carbons (Fsp3) is 0.227. The molecule has 0 spiro atoms. The van der Waals surface area contributed by atoms with Crippen LogP contribution in [0.3, 0.4) is 0 Å². The molecular formula is C22H21NO5. The second-order valence-electron chi connectivity index (χ2n) is 6.19. The van der Waals surface area contributed by atoms with Crippen molar-refractivity contribution >= 4 is 22.7 Å². The van der Waals surface area contributed by atoms with Crippen molar-refractivity contribution in [3.05, 3.63) is 54.2 Å². The highest BCUT2D eigenvalue weighted by Crippen LogP contribution is 2.32. The molecule has 0 fully saturated rings. The first-order valence-corrected chi connectivity index (χ1v) is 8.99. The summed E-state index contributed by atoms with van der Waals surface area (Å²) in [6.07, 6.45) is -0.129. The molecule has 0 aliphatic heterocycles. The first kappa shape index (κ1) is 19.4. The maximum absolute atomic E-state index is 12.5. The molecule has 1 N–H and O–H groups in total. The third-order valence-corrected chi connectivity index (χ3v) is 4.33. The van der Waals surface area contributed by atoms with Gasteiger partial charge in [-0.25, -0.2) is 4.98 Å². The lowest BCUT2D eigenvalue weighted by atomic mass is 10.0. The number of rotatable bonds is 7. The Morgan fingerprint density at radius 1 is 1.07 bits per heavy atom. The molecule has 0 bridgehead atoms. The zero-order chi connectivity index (χ0) is 20.1. The Hall–Kier alpha value is -3.41. The summed E-state index contributed by atoms with van der Waals surface area (Å²) in [4.78, 5) is 28.5. The normalized spacial score (nSPS) is 10.6. The monoisotopic (exact) mass is 379 g/mol. The lowest BCUT2D eigenvalue weighted by Gasteiger charge is -2.10. The number of pyridine rings is 1. The minimum atomic E-state index is -0.451. The molecule has 0 saturated heterocycles. The van der Waals surface area contributed by atoms with Crippen molar-refractivity contribution in [3.63, 3.8) is 0 Å². The van der Waals surface area contributed by atoms with Crippen LogP contribution in [0.5, 0.6) is 11.5 Å². The van der Waals surface area contributed by atoms with Crippen LogP contribution in [0.4, 0.5) is 0 Å². The minimum Gasteiger partial charge on any atom is -0.506 e. The Labute approximate surface area is 162 Å². The number of Topliss-reactive ketones (excluding diaryl/α,β-unsaturated/α-hetero) is 1. The second kappa shape index (κ2) is 8.52. The Kier molecular flexibility index (Phi) is 5.89. The van der Waals surface area contributed by atoms with E-state index in [0.717, 1.165) is 11.1 Å². The van der Waals surface area contributed by atoms with Crippen LogP contribution in [-0.4, -0.2) is 35.6 Å². The van der Waals surface area contributed by atoms with Crippen LogP contribution >= 0.6 is 0 Å². The quantitative estimate of drug-likeness (QED) is 0.490. The molecule has 0 aliphatic carbocycles. The van der Waals surface area contributed by atoms with Gasteiger partial charge in [0.15, 0.2) is 5.78 Å². The van der Waals surface area contributed by atoms with Crippen LogP contribution in [0.25, 0.3) is 22.0 Å². The Morgan fingerprint density at radius 2 is 1.86 bits per heavy atom. The molecule has 28 heavy (non-hydrogen) atoms. The number of methoxy groups -OCH3 is 1. The van der Waals surface area contributed by atoms with Gasteiger partial charge < -0.3 is 14.6 Å². The van der Waals surface area contributed by atoms with Crippen LogP contribution in [0.1, 0.15) is 30.3 Å². The predicted octanol–water partition coefficient (Wildman–Crippen LogP) is 4.14. The van der Waals surface area contributed by atoms with E-state index in [1.54, 1.807) is 14.0 Å². The fourth-order valence-electron chi connectivity index (χ4n) is 2.98. The van der Waals surface area contributed by atoms with Crippen LogP contribution in [0, 0.1) is 0 Å². The molecule has 0 radical (unpaired) electrons. The molecule has 1 aromatic heterocycles. The van der Waals surface area contributed by atoms with E-state index < -0.39 is 11.8 Å². The Balaban J connectivity index is 2.00. The number of benzene rings is 2. The molecule has 6 heteroatoms. The number of fused-ring (bicyclic) bond motifs is 1. The van der Waals surface area contributed by atoms with E-state index in [1.807, 2.05) is 42.5 Å². The van der Waals surface area contributed by atoms with Gasteiger partial charge in [-0.2, -0.15) is 0 Å². The van der Waals surface area contributed by atoms with E-state index in [-0.39, 0.29) is 30.9 Å². The van der Waals surface area contributed by atoms with Crippen molar-refractivity contribution in [1.29, 1.82) is 0 Å². The summed E-state index contributed by atoms with van der Waals surface area (Å²) in [6, 6.07) is 14.6. The topological polar surface area (TPSA) is 85.7 Å². The van der Waals surface area contributed by atoms with Crippen LogP contribution < -0.4 is 4.74 Å². The maximum Gasteiger partial charge on any atom is 0.306 e. The van der Waals surface area contributed by atoms with Crippen molar-refractivity contribution < 1.29 is 24.2 Å². The number of carbonyl (C=O) groups is 2. The second-order valence-corrected chi connectivity index (χ2v) is 6.19. The third kappa shape index (κ3) is 4.11. The molecule has 0 atom stereocenters. The molecule has 3 rings (SSSR count). The maximum atomic E-state index is 12.5. The molecule has 0 saturated carbocycles. The lowest BCUT2D eigenvalue weighted by molar-refractivity contribution is -0.143. The zero-order valence-corrected chi connectivity index (χ0v) is 15.8. The van der Waals surface area contributed by atoms with Gasteiger partial charge in [-0.15, -0.1) is 0 Å². The van der Waals surface area contributed by atoms with E-state index in [1.165, 1.54) is 6.07 Å². The van der Waals surface area contributed by atoms with Gasteiger partial charge in [-0.05, 0) is 30.7 Å². The molecular weight excluding hydrogens is 358 g/mol. The first-order chi connectivity index (χ1) is 13.5. The van der Waals surface area contributed by atoms with Gasteiger partial charge in [-0.3, -0.25) is 9.59 Å². The van der Waals surface area contributed by atoms with Gasteiger partial charge in [0.1, 0.15) is 17.2 Å². The number of nitrogens with zero attached hydrogens (tertiary/aromatic N) is 1. The number of hydrogen-bond acceptors (Lipinski definition) is 6. The van der Waals surface area contributed by atoms with Gasteiger partial charge in [0, 0.05) is 17.4 Å². The summed E-state index contributed by atoms with van der Waals surface area (Å²) in [5.41, 5.74) is 2.24. The van der Waals surface area contributed by atoms with E-state index in [4.69, 9.17) is 9.47 Å². The van der Waals surface area contributed by atoms with Crippen LogP contribution in [-0.2, 0) is 9.53 Å². The highest BCUT2D eigenvalue weighted by atomic mass is 16.5. The molecule has 0 amide bonds. The van der Waals surface area contributed by atoms with E-state index in [9.17, 15) is 14.7 Å². The number of hydrogen-bond donors (Lipinski definition) is 1. The average molecular weight is 379 g/mol. The lowest BCUT2D eigenvalue weighted by Crippen LogP contribution is -2.09. The molecule has 0 aliphatic rings. The SMILES string of the molecule is CCOC(=O)CCC(=O)c1nc2c(-c3cccc(OC)c3)cccc2cc1O. The predicted molar refractivity (Wildman–Crippen MR) is 106 cm³/mol. The minimum absolute atomic E-state index is 0.0489. The Bertz CT molecular complexity index is 1030. The summed E-state index contributed by atoms with van der Waals surface area (Å²) >= 11 is 0. The van der Waals surface area contributed by atoms with Gasteiger partial charge in [0.05, 0.1) is 25.7 Å². The highest BCUT2D eigenvalue weighted by molar-refractivity contribution is 6.02. The summed E-state index contributed by atoms with van der Waals surface area (Å²) in [5.74, 6) is -0.357. The van der Waals surface area contributed by atoms with Gasteiger partial charge in [-0.1, -0.05) is 30.3 Å². The van der Waals surface area contributed by atoms with Crippen LogP contribution in [0.15, 0.2) is 48.5 Å². The Morgan fingerprint density at radius 3 is 2.61 bits per heavy atom. The van der Waals surface area contributed by atoms with E-state index >= 15 is 0 Å². The molecule has 6 nitrogen and oxygen atoms in total. The number of carbonyl (C=O) groups excluding carboxylic acids is 2. The van der Waals surface area contributed by atoms with Crippen molar-refractivity contribution in [2.45, 2.75) is 19.8 Å². The zero-order valence-electron chi connectivity index (χ0n) is 15.8. The van der Waals surface area contributed by atoms with E-state index in [0.29, 0.717) is 16.7 Å². The molecule has 3 aromatic rings. The average Bonchev–Trinajstić information content (AvgIpc) is 2.71. The van der Waals surface area contributed by atoms with Crippen molar-refractivity contribution in [3.8, 4) is 22.6 Å². The van der Waals surface area contributed by atoms with E-state index in [2.05, 4.69) is 4.98 Å². The molecule has 0 unspecified atom stereocenters. The van der Waals surface area contributed by atoms with Crippen LogP contribution in [0.2, 0.25) is 0 Å². The summed E-state index contributed by atoms with van der Waals surface area (Å²) in [6.45, 7) is 1.97. The number of ketones is 1. The molecule has 1 heterocycles. The fourth-order valence-corrected chi connectivity index (χ4v) is 2.98. The highest BCUT2D eigenvalue weighted by Gasteiger charge is 2.18. The number of aromatic nitrogens is 1. The van der Waals surface area contributed by atoms with Gasteiger partial charge in [0.25, 0.3) is 0 Å². The number of ether oxygens (including phenoxy) is 2. The number of aromatic hydroxyl groups is 1. The first-order valence-electron chi connectivity index (χ1n) is 8.99. The van der Waals surface area contributed by atoms with Gasteiger partial charge in [0.2, 0.25) is 0 Å². The molecule has 2 aromatic carbocycles. The van der Waals surface area contributed by atoms with Crippen molar-refractivity contribution in [2.75, 3.05) is 13.7 Å². The summed E-state index contributed by atoms with van der Waals surface area (Å²) in [5, 5.41) is 11.0. The molecule has 144 valence electrons. The van der Waals surface area contributed by atoms with Crippen molar-refractivity contribution in [1.82, 2.24) is 4.98 Å². The largest absolute Gasteiger partial charge is 0.506 e.